The summed E-state index contributed by atoms with van der Waals surface area (Å²) in [5.41, 5.74) is 2.16. The van der Waals surface area contributed by atoms with Crippen molar-refractivity contribution < 1.29 is 71.1 Å². The number of methoxy groups -OCH3 is 3. The second-order valence-corrected chi connectivity index (χ2v) is 19.3. The molecule has 2 saturated heterocycles. The van der Waals surface area contributed by atoms with E-state index in [1.165, 1.54) is 33.5 Å². The van der Waals surface area contributed by atoms with Crippen LogP contribution >= 0.6 is 0 Å². The van der Waals surface area contributed by atoms with E-state index in [2.05, 4.69) is 31.6 Å². The second kappa shape index (κ2) is 26.4. The Morgan fingerprint density at radius 3 is 1.28 bits per heavy atom. The zero-order chi connectivity index (χ0) is 54.3. The van der Waals surface area contributed by atoms with Crippen molar-refractivity contribution in [3.8, 4) is 0 Å². The molecule has 0 bridgehead atoms. The van der Waals surface area contributed by atoms with Gasteiger partial charge in [0.25, 0.3) is 11.8 Å². The van der Waals surface area contributed by atoms with Crippen LogP contribution < -0.4 is 21.3 Å². The molecule has 21 heteroatoms. The highest BCUT2D eigenvalue weighted by molar-refractivity contribution is 6.01. The van der Waals surface area contributed by atoms with Gasteiger partial charge in [-0.1, -0.05) is 76.9 Å². The number of nitrogens with one attached hydrogen (secondary N) is 4. The van der Waals surface area contributed by atoms with Crippen molar-refractivity contribution in [3.05, 3.63) is 106 Å². The summed E-state index contributed by atoms with van der Waals surface area (Å²) >= 11 is 0. The molecule has 4 N–H and O–H groups in total. The molecule has 400 valence electrons. The Balaban J connectivity index is 0.000000274. The summed E-state index contributed by atoms with van der Waals surface area (Å²) in [4.78, 5) is 104. The van der Waals surface area contributed by atoms with Crippen LogP contribution in [0.4, 0.5) is 0 Å². The van der Waals surface area contributed by atoms with Crippen LogP contribution in [0.3, 0.4) is 0 Å². The number of carbonyl (C=O) groups excluding carboxylic acids is 8. The molecule has 0 aliphatic carbocycles. The van der Waals surface area contributed by atoms with Gasteiger partial charge in [0, 0.05) is 52.2 Å². The van der Waals surface area contributed by atoms with E-state index in [-0.39, 0.29) is 74.4 Å². The summed E-state index contributed by atoms with van der Waals surface area (Å²) in [7, 11) is 4.22. The molecule has 4 aromatic rings. The summed E-state index contributed by atoms with van der Waals surface area (Å²) in [6.45, 7) is 12.6. The standard InChI is InChI=1S/C27H35N3O8.C26H33N3O7/c1-16-6-8-18(9-7-16)11-20(24(32)27(3)15-37-27)28-25(33)19(13-35-4)12-23(31)22(14-36-5)29-26(34)21-10-17(2)38-30-21;1-15-6-8-18(9-7-15)12-19(23(31)26(4)14-35-26)27-24(32)16(2)10-22(30)21(13-34-5)28-25(33)20-11-17(3)36-29-20/h6-10,19-20,22H,11-15H2,1-5H3,(H,28,33)(H,29,34);6-9,11,16,19,21H,10,12-14H2,1-5H3,(H,27,32)(H,28,33)/t19-,20-,22-,27+;16-,19+,21+,26-/m01/s1. The lowest BCUT2D eigenvalue weighted by Gasteiger charge is -2.24. The first kappa shape index (κ1) is 58.1. The van der Waals surface area contributed by atoms with E-state index in [0.29, 0.717) is 24.5 Å². The molecule has 2 fully saturated rings. The number of nitrogens with zero attached hydrogens (tertiary/aromatic N) is 2. The largest absolute Gasteiger partial charge is 0.384 e. The zero-order valence-corrected chi connectivity index (χ0v) is 43.6. The van der Waals surface area contributed by atoms with Crippen molar-refractivity contribution in [2.24, 2.45) is 11.8 Å². The summed E-state index contributed by atoms with van der Waals surface area (Å²) < 4.78 is 35.9. The number of Topliss-reactive ketones (excluding diaryl/α,β-unsaturated/α-hetero) is 4. The van der Waals surface area contributed by atoms with Gasteiger partial charge in [-0.15, -0.1) is 0 Å². The van der Waals surface area contributed by atoms with Gasteiger partial charge in [-0.05, 0) is 65.5 Å². The molecule has 21 nitrogen and oxygen atoms in total. The first-order valence-corrected chi connectivity index (χ1v) is 24.2. The minimum atomic E-state index is -1.03. The Labute approximate surface area is 429 Å². The summed E-state index contributed by atoms with van der Waals surface area (Å²) in [6.07, 6.45) is 0.184. The smallest absolute Gasteiger partial charge is 0.274 e. The number of hydrogen-bond donors (Lipinski definition) is 4. The van der Waals surface area contributed by atoms with Crippen LogP contribution in [0.2, 0.25) is 0 Å². The van der Waals surface area contributed by atoms with Gasteiger partial charge < -0.3 is 54.0 Å². The molecule has 0 unspecified atom stereocenters. The first-order chi connectivity index (χ1) is 35.1. The third-order valence-corrected chi connectivity index (χ3v) is 12.5. The van der Waals surface area contributed by atoms with Crippen LogP contribution in [-0.2, 0) is 65.3 Å². The van der Waals surface area contributed by atoms with Crippen molar-refractivity contribution in [1.82, 2.24) is 31.6 Å². The quantitative estimate of drug-likeness (QED) is 0.0595. The maximum absolute atomic E-state index is 13.3. The van der Waals surface area contributed by atoms with E-state index in [0.717, 1.165) is 22.3 Å². The lowest BCUT2D eigenvalue weighted by atomic mass is 9.93. The minimum absolute atomic E-state index is 0.0239. The summed E-state index contributed by atoms with van der Waals surface area (Å²) in [5.74, 6) is -4.14. The van der Waals surface area contributed by atoms with Gasteiger partial charge >= 0.3 is 0 Å². The van der Waals surface area contributed by atoms with E-state index in [4.69, 9.17) is 32.7 Å². The van der Waals surface area contributed by atoms with E-state index in [1.807, 2.05) is 62.4 Å². The van der Waals surface area contributed by atoms with Crippen molar-refractivity contribution in [3.63, 3.8) is 0 Å². The topological polar surface area (TPSA) is 289 Å². The molecule has 6 rings (SSSR count). The maximum atomic E-state index is 13.3. The van der Waals surface area contributed by atoms with Crippen LogP contribution in [0.1, 0.15) is 88.4 Å². The Morgan fingerprint density at radius 2 is 0.932 bits per heavy atom. The molecule has 74 heavy (non-hydrogen) atoms. The fourth-order valence-corrected chi connectivity index (χ4v) is 7.71. The van der Waals surface area contributed by atoms with E-state index < -0.39 is 76.6 Å². The fraction of sp³-hybridized carbons (Fsp3) is 0.509. The van der Waals surface area contributed by atoms with Crippen LogP contribution in [0.5, 0.6) is 0 Å². The van der Waals surface area contributed by atoms with Gasteiger partial charge in [-0.2, -0.15) is 0 Å². The Morgan fingerprint density at radius 1 is 0.554 bits per heavy atom. The first-order valence-electron chi connectivity index (χ1n) is 24.2. The van der Waals surface area contributed by atoms with Crippen molar-refractivity contribution in [2.75, 3.05) is 54.4 Å². The Hall–Kier alpha value is -6.78. The van der Waals surface area contributed by atoms with Crippen molar-refractivity contribution in [2.45, 2.75) is 110 Å². The van der Waals surface area contributed by atoms with Crippen LogP contribution in [0.25, 0.3) is 0 Å². The molecule has 2 aromatic heterocycles. The number of hydrogen-bond acceptors (Lipinski definition) is 17. The molecular weight excluding hydrogens is 961 g/mol. The molecule has 0 radical (unpaired) electrons. The van der Waals surface area contributed by atoms with E-state index >= 15 is 0 Å². The SMILES string of the molecule is COC[C@H](CC(=O)[C@H](COC)NC(=O)c1cc(C)on1)C(=O)N[C@@H](Cc1ccc(C)cc1)C(=O)[C@@]1(C)CO1.COC[C@H](NC(=O)c1cc(C)on1)C(=O)C[C@@H](C)C(=O)N[C@@H](Cc1ccc(C)cc1)C(=O)[C@@]1(C)CO1. The molecule has 2 aromatic carbocycles. The number of aromatic nitrogens is 2. The highest BCUT2D eigenvalue weighted by atomic mass is 16.6. The summed E-state index contributed by atoms with van der Waals surface area (Å²) in [5, 5.41) is 18.1. The number of carbonyl (C=O) groups is 8. The number of rotatable bonds is 28. The predicted octanol–water partition coefficient (Wildman–Crippen LogP) is 3.06. The third kappa shape index (κ3) is 16.9. The summed E-state index contributed by atoms with van der Waals surface area (Å²) in [6, 6.07) is 14.7. The van der Waals surface area contributed by atoms with Crippen LogP contribution in [0, 0.1) is 39.5 Å². The normalized spacial score (nSPS) is 18.9. The van der Waals surface area contributed by atoms with Crippen molar-refractivity contribution >= 4 is 46.8 Å². The highest BCUT2D eigenvalue weighted by Crippen LogP contribution is 2.30. The van der Waals surface area contributed by atoms with Gasteiger partial charge in [0.1, 0.15) is 34.8 Å². The van der Waals surface area contributed by atoms with Crippen molar-refractivity contribution in [1.29, 1.82) is 0 Å². The number of amides is 4. The number of benzene rings is 2. The van der Waals surface area contributed by atoms with E-state index in [1.54, 1.807) is 34.6 Å². The fourth-order valence-electron chi connectivity index (χ4n) is 7.71. The molecule has 4 heterocycles. The number of ketones is 4. The van der Waals surface area contributed by atoms with E-state index in [9.17, 15) is 38.4 Å². The monoisotopic (exact) mass is 1030 g/mol. The number of ether oxygens (including phenoxy) is 5. The predicted molar refractivity (Wildman–Crippen MR) is 265 cm³/mol. The van der Waals surface area contributed by atoms with Gasteiger partial charge in [-0.3, -0.25) is 38.4 Å². The molecule has 0 spiro atoms. The maximum Gasteiger partial charge on any atom is 0.274 e. The van der Waals surface area contributed by atoms with Crippen LogP contribution in [0.15, 0.2) is 69.7 Å². The molecule has 2 aliphatic rings. The molecule has 2 aliphatic heterocycles. The lowest BCUT2D eigenvalue weighted by molar-refractivity contribution is -0.135. The Kier molecular flexibility index (Phi) is 20.8. The van der Waals surface area contributed by atoms with Gasteiger partial charge in [-0.25, -0.2) is 0 Å². The number of aryl methyl sites for hydroxylation is 4. The van der Waals surface area contributed by atoms with Gasteiger partial charge in [0.2, 0.25) is 11.8 Å². The molecule has 4 amide bonds. The Bertz CT molecular complexity index is 2600. The van der Waals surface area contributed by atoms with Crippen LogP contribution in [-0.4, -0.2) is 147 Å². The zero-order valence-electron chi connectivity index (χ0n) is 43.6. The lowest BCUT2D eigenvalue weighted by Crippen LogP contribution is -2.51. The third-order valence-electron chi connectivity index (χ3n) is 12.5. The second-order valence-electron chi connectivity index (χ2n) is 19.3. The average Bonchev–Trinajstić information content (AvgIpc) is 4.20. The van der Waals surface area contributed by atoms with Gasteiger partial charge in [0.05, 0.1) is 51.0 Å². The highest BCUT2D eigenvalue weighted by Gasteiger charge is 2.51. The van der Waals surface area contributed by atoms with Gasteiger partial charge in [0.15, 0.2) is 34.5 Å². The minimum Gasteiger partial charge on any atom is -0.384 e. The molecular formula is C53H68N6O15. The molecule has 8 atom stereocenters. The number of epoxide rings is 2. The average molecular weight is 1030 g/mol. The molecule has 0 saturated carbocycles.